The van der Waals surface area contributed by atoms with Crippen LogP contribution in [0.25, 0.3) is 0 Å². The maximum Gasteiger partial charge on any atom is 0.108 e. The van der Waals surface area contributed by atoms with Crippen molar-refractivity contribution < 1.29 is 5.11 Å². The molecule has 0 saturated carbocycles. The molecule has 0 radical (unpaired) electrons. The molecule has 0 aliphatic carbocycles. The van der Waals surface area contributed by atoms with Gasteiger partial charge in [-0.25, -0.2) is 4.98 Å². The molecule has 1 atom stereocenters. The van der Waals surface area contributed by atoms with Crippen molar-refractivity contribution in [1.29, 1.82) is 0 Å². The quantitative estimate of drug-likeness (QED) is 0.759. The Bertz CT molecular complexity index is 343. The van der Waals surface area contributed by atoms with Gasteiger partial charge in [0.25, 0.3) is 0 Å². The largest absolute Gasteiger partial charge is 0.386 e. The zero-order chi connectivity index (χ0) is 10.8. The molecule has 1 rings (SSSR count). The fraction of sp³-hybridized carbons (Fsp3) is 0.545. The predicted molar refractivity (Wildman–Crippen MR) is 59.2 cm³/mol. The molecular weight excluding hydrogens is 194 g/mol. The molecule has 0 spiro atoms. The molecule has 2 nitrogen and oxygen atoms in total. The molecule has 1 unspecified atom stereocenters. The van der Waals surface area contributed by atoms with Crippen LogP contribution in [0.3, 0.4) is 0 Å². The third-order valence-corrected chi connectivity index (χ3v) is 3.10. The first-order chi connectivity index (χ1) is 6.45. The van der Waals surface area contributed by atoms with Gasteiger partial charge in [-0.2, -0.15) is 0 Å². The van der Waals surface area contributed by atoms with Gasteiger partial charge >= 0.3 is 0 Å². The van der Waals surface area contributed by atoms with Crippen LogP contribution in [-0.2, 0) is 5.41 Å². The lowest BCUT2D eigenvalue weighted by atomic mass is 9.98. The van der Waals surface area contributed by atoms with E-state index in [-0.39, 0.29) is 5.41 Å². The van der Waals surface area contributed by atoms with Crippen LogP contribution in [0, 0.1) is 12.3 Å². The van der Waals surface area contributed by atoms with Crippen molar-refractivity contribution in [3.63, 3.8) is 0 Å². The van der Waals surface area contributed by atoms with E-state index in [4.69, 9.17) is 6.42 Å². The second-order valence-electron chi connectivity index (χ2n) is 4.25. The molecule has 1 N–H and O–H groups in total. The van der Waals surface area contributed by atoms with Crippen LogP contribution >= 0.6 is 11.3 Å². The standard InChI is InChI=1S/C11H15NOS/c1-5-6-9(13)8-7-14-10(12-8)11(2,3)4/h1,7,9,13H,6H2,2-4H3. The molecule has 0 fully saturated rings. The van der Waals surface area contributed by atoms with Gasteiger partial charge in [-0.3, -0.25) is 0 Å². The Morgan fingerprint density at radius 1 is 1.64 bits per heavy atom. The summed E-state index contributed by atoms with van der Waals surface area (Å²) in [6, 6.07) is 0. The van der Waals surface area contributed by atoms with Gasteiger partial charge in [0.1, 0.15) is 6.10 Å². The Labute approximate surface area is 89.0 Å². The fourth-order valence-corrected chi connectivity index (χ4v) is 1.95. The number of hydrogen-bond acceptors (Lipinski definition) is 3. The number of nitrogens with zero attached hydrogens (tertiary/aromatic N) is 1. The molecule has 14 heavy (non-hydrogen) atoms. The van der Waals surface area contributed by atoms with Crippen LogP contribution in [0.1, 0.15) is 44.0 Å². The summed E-state index contributed by atoms with van der Waals surface area (Å²) in [7, 11) is 0. The van der Waals surface area contributed by atoms with Gasteiger partial charge in [0.05, 0.1) is 10.7 Å². The van der Waals surface area contributed by atoms with Gasteiger partial charge in [-0.15, -0.1) is 23.7 Å². The highest BCUT2D eigenvalue weighted by atomic mass is 32.1. The number of thiazole rings is 1. The molecule has 0 aromatic carbocycles. The first-order valence-electron chi connectivity index (χ1n) is 4.52. The summed E-state index contributed by atoms with van der Waals surface area (Å²) in [5.41, 5.74) is 0.733. The molecule has 0 aliphatic rings. The lowest BCUT2D eigenvalue weighted by molar-refractivity contribution is 0.179. The van der Waals surface area contributed by atoms with Crippen LogP contribution in [0.2, 0.25) is 0 Å². The van der Waals surface area contributed by atoms with Crippen molar-refractivity contribution in [3.05, 3.63) is 16.1 Å². The van der Waals surface area contributed by atoms with Gasteiger partial charge in [0, 0.05) is 17.2 Å². The van der Waals surface area contributed by atoms with Crippen LogP contribution in [-0.4, -0.2) is 10.1 Å². The third kappa shape index (κ3) is 2.57. The zero-order valence-electron chi connectivity index (χ0n) is 8.74. The molecule has 0 bridgehead atoms. The highest BCUT2D eigenvalue weighted by molar-refractivity contribution is 7.09. The molecule has 0 aliphatic heterocycles. The van der Waals surface area contributed by atoms with Crippen molar-refractivity contribution in [3.8, 4) is 12.3 Å². The zero-order valence-corrected chi connectivity index (χ0v) is 9.56. The second-order valence-corrected chi connectivity index (χ2v) is 5.11. The number of aliphatic hydroxyl groups is 1. The van der Waals surface area contributed by atoms with Gasteiger partial charge in [0.2, 0.25) is 0 Å². The number of hydrogen-bond donors (Lipinski definition) is 1. The van der Waals surface area contributed by atoms with Crippen molar-refractivity contribution >= 4 is 11.3 Å². The van der Waals surface area contributed by atoms with Crippen molar-refractivity contribution in [2.45, 2.75) is 38.7 Å². The third-order valence-electron chi connectivity index (χ3n) is 1.82. The highest BCUT2D eigenvalue weighted by Gasteiger charge is 2.19. The average molecular weight is 209 g/mol. The first-order valence-corrected chi connectivity index (χ1v) is 5.40. The molecule has 1 heterocycles. The highest BCUT2D eigenvalue weighted by Crippen LogP contribution is 2.28. The number of aromatic nitrogens is 1. The molecule has 1 aromatic rings. The van der Waals surface area contributed by atoms with E-state index < -0.39 is 6.10 Å². The molecule has 0 amide bonds. The number of terminal acetylenes is 1. The van der Waals surface area contributed by atoms with Crippen LogP contribution in [0.4, 0.5) is 0 Å². The monoisotopic (exact) mass is 209 g/mol. The Kier molecular flexibility index (Phi) is 3.30. The lowest BCUT2D eigenvalue weighted by Gasteiger charge is -2.13. The van der Waals surface area contributed by atoms with Crippen molar-refractivity contribution in [2.75, 3.05) is 0 Å². The van der Waals surface area contributed by atoms with E-state index in [0.717, 1.165) is 5.01 Å². The second kappa shape index (κ2) is 4.12. The summed E-state index contributed by atoms with van der Waals surface area (Å²) in [5, 5.41) is 12.5. The maximum absolute atomic E-state index is 9.60. The van der Waals surface area contributed by atoms with Crippen LogP contribution in [0.15, 0.2) is 5.38 Å². The van der Waals surface area contributed by atoms with E-state index in [0.29, 0.717) is 12.1 Å². The Balaban J connectivity index is 2.84. The average Bonchev–Trinajstić information content (AvgIpc) is 2.51. The summed E-state index contributed by atoms with van der Waals surface area (Å²) < 4.78 is 0. The van der Waals surface area contributed by atoms with Crippen LogP contribution < -0.4 is 0 Å². The van der Waals surface area contributed by atoms with Crippen molar-refractivity contribution in [2.24, 2.45) is 0 Å². The summed E-state index contributed by atoms with van der Waals surface area (Å²) in [6.07, 6.45) is 4.83. The minimum absolute atomic E-state index is 0.0405. The maximum atomic E-state index is 9.60. The molecule has 76 valence electrons. The van der Waals surface area contributed by atoms with E-state index in [1.807, 2.05) is 5.38 Å². The van der Waals surface area contributed by atoms with Gasteiger partial charge in [-0.05, 0) is 0 Å². The normalized spacial score (nSPS) is 13.6. The summed E-state index contributed by atoms with van der Waals surface area (Å²) in [5.74, 6) is 2.43. The number of aliphatic hydroxyl groups excluding tert-OH is 1. The minimum atomic E-state index is -0.618. The van der Waals surface area contributed by atoms with E-state index in [1.165, 1.54) is 0 Å². The van der Waals surface area contributed by atoms with Crippen LogP contribution in [0.5, 0.6) is 0 Å². The molecule has 1 aromatic heterocycles. The van der Waals surface area contributed by atoms with E-state index >= 15 is 0 Å². The first kappa shape index (κ1) is 11.2. The van der Waals surface area contributed by atoms with E-state index in [9.17, 15) is 5.11 Å². The summed E-state index contributed by atoms with van der Waals surface area (Å²) in [6.45, 7) is 6.30. The van der Waals surface area contributed by atoms with Gasteiger partial charge < -0.3 is 5.11 Å². The fourth-order valence-electron chi connectivity index (χ4n) is 1.000. The topological polar surface area (TPSA) is 33.1 Å². The molecular formula is C11H15NOS. The summed E-state index contributed by atoms with van der Waals surface area (Å²) >= 11 is 1.57. The van der Waals surface area contributed by atoms with Gasteiger partial charge in [0.15, 0.2) is 0 Å². The Morgan fingerprint density at radius 2 is 2.29 bits per heavy atom. The minimum Gasteiger partial charge on any atom is -0.386 e. The summed E-state index contributed by atoms with van der Waals surface area (Å²) in [4.78, 5) is 4.37. The Morgan fingerprint density at radius 3 is 2.71 bits per heavy atom. The Hall–Kier alpha value is -0.850. The van der Waals surface area contributed by atoms with Gasteiger partial charge in [-0.1, -0.05) is 20.8 Å². The molecule has 3 heteroatoms. The molecule has 0 saturated heterocycles. The SMILES string of the molecule is C#CCC(O)c1csc(C(C)(C)C)n1. The lowest BCUT2D eigenvalue weighted by Crippen LogP contribution is -2.11. The number of rotatable bonds is 2. The van der Waals surface area contributed by atoms with Crippen molar-refractivity contribution in [1.82, 2.24) is 4.98 Å². The predicted octanol–water partition coefficient (Wildman–Crippen LogP) is 2.50. The van der Waals surface area contributed by atoms with E-state index in [1.54, 1.807) is 11.3 Å². The smallest absolute Gasteiger partial charge is 0.108 e. The van der Waals surface area contributed by atoms with E-state index in [2.05, 4.69) is 31.7 Å².